The van der Waals surface area contributed by atoms with Crippen LogP contribution in [0.4, 0.5) is 0 Å². The number of Topliss-reactive ketones (excluding diaryl/α,β-unsaturated/α-hetero) is 1. The summed E-state index contributed by atoms with van der Waals surface area (Å²) in [5.74, 6) is -0.0359. The molecule has 0 saturated heterocycles. The molecule has 0 atom stereocenters. The number of carbonyl (C=O) groups excluding carboxylic acids is 1. The standard InChI is InChI=1S/C12H11Br2N3O/c1-7-11(14)9(17(2)16-7)6-10(18)12-8(13)4-3-5-15-12/h3-5H,6H2,1-2H3. The molecule has 2 aromatic heterocycles. The third-order valence-corrected chi connectivity index (χ3v) is 4.28. The van der Waals surface area contributed by atoms with Crippen molar-refractivity contribution in [3.05, 3.63) is 44.4 Å². The first-order valence-electron chi connectivity index (χ1n) is 5.32. The van der Waals surface area contributed by atoms with Gasteiger partial charge >= 0.3 is 0 Å². The highest BCUT2D eigenvalue weighted by Crippen LogP contribution is 2.23. The largest absolute Gasteiger partial charge is 0.292 e. The van der Waals surface area contributed by atoms with Crippen molar-refractivity contribution in [3.63, 3.8) is 0 Å². The van der Waals surface area contributed by atoms with Crippen molar-refractivity contribution in [3.8, 4) is 0 Å². The maximum absolute atomic E-state index is 12.2. The molecule has 0 saturated carbocycles. The number of hydrogen-bond acceptors (Lipinski definition) is 3. The van der Waals surface area contributed by atoms with Crippen LogP contribution in [-0.2, 0) is 13.5 Å². The fraction of sp³-hybridized carbons (Fsp3) is 0.250. The van der Waals surface area contributed by atoms with Crippen molar-refractivity contribution < 1.29 is 4.79 Å². The highest BCUT2D eigenvalue weighted by Gasteiger charge is 2.17. The quantitative estimate of drug-likeness (QED) is 0.778. The first kappa shape index (κ1) is 13.4. The Kier molecular flexibility index (Phi) is 3.97. The van der Waals surface area contributed by atoms with Crippen LogP contribution in [0.5, 0.6) is 0 Å². The highest BCUT2D eigenvalue weighted by molar-refractivity contribution is 9.10. The lowest BCUT2D eigenvalue weighted by molar-refractivity contribution is 0.0985. The molecule has 0 bridgehead atoms. The lowest BCUT2D eigenvalue weighted by Crippen LogP contribution is -2.10. The number of carbonyl (C=O) groups is 1. The monoisotopic (exact) mass is 371 g/mol. The van der Waals surface area contributed by atoms with Crippen molar-refractivity contribution in [1.29, 1.82) is 0 Å². The molecule has 0 aliphatic heterocycles. The molecule has 4 nitrogen and oxygen atoms in total. The van der Waals surface area contributed by atoms with Gasteiger partial charge in [0.25, 0.3) is 0 Å². The second-order valence-electron chi connectivity index (χ2n) is 3.90. The molecule has 0 N–H and O–H groups in total. The zero-order valence-corrected chi connectivity index (χ0v) is 13.1. The van der Waals surface area contributed by atoms with E-state index in [-0.39, 0.29) is 12.2 Å². The van der Waals surface area contributed by atoms with Crippen molar-refractivity contribution in [1.82, 2.24) is 14.8 Å². The van der Waals surface area contributed by atoms with Gasteiger partial charge in [-0.1, -0.05) is 0 Å². The Morgan fingerprint density at radius 3 is 2.72 bits per heavy atom. The van der Waals surface area contributed by atoms with Crippen LogP contribution in [0.1, 0.15) is 21.9 Å². The Morgan fingerprint density at radius 2 is 2.17 bits per heavy atom. The van der Waals surface area contributed by atoms with Crippen molar-refractivity contribution in [2.24, 2.45) is 7.05 Å². The van der Waals surface area contributed by atoms with E-state index in [4.69, 9.17) is 0 Å². The van der Waals surface area contributed by atoms with Crippen LogP contribution in [0.3, 0.4) is 0 Å². The summed E-state index contributed by atoms with van der Waals surface area (Å²) in [6.45, 7) is 1.90. The van der Waals surface area contributed by atoms with Crippen LogP contribution in [0.2, 0.25) is 0 Å². The number of rotatable bonds is 3. The molecule has 6 heteroatoms. The molecule has 2 heterocycles. The summed E-state index contributed by atoms with van der Waals surface area (Å²) >= 11 is 6.79. The first-order valence-corrected chi connectivity index (χ1v) is 6.91. The molecule has 0 spiro atoms. The second kappa shape index (κ2) is 5.32. The zero-order valence-electron chi connectivity index (χ0n) is 9.94. The van der Waals surface area contributed by atoms with Crippen molar-refractivity contribution in [2.45, 2.75) is 13.3 Å². The third-order valence-electron chi connectivity index (χ3n) is 2.61. The lowest BCUT2D eigenvalue weighted by Gasteiger charge is -2.04. The molecule has 0 fully saturated rings. The molecule has 2 aromatic rings. The fourth-order valence-corrected chi connectivity index (χ4v) is 2.65. The number of aryl methyl sites for hydroxylation is 2. The van der Waals surface area contributed by atoms with E-state index in [0.717, 1.165) is 15.9 Å². The molecular formula is C12H11Br2N3O. The van der Waals surface area contributed by atoms with E-state index in [0.29, 0.717) is 10.2 Å². The third kappa shape index (κ3) is 2.54. The lowest BCUT2D eigenvalue weighted by atomic mass is 10.1. The fourth-order valence-electron chi connectivity index (χ4n) is 1.70. The molecule has 0 radical (unpaired) electrons. The number of ketones is 1. The molecule has 0 aromatic carbocycles. The van der Waals surface area contributed by atoms with Crippen LogP contribution < -0.4 is 0 Å². The number of aromatic nitrogens is 3. The molecule has 18 heavy (non-hydrogen) atoms. The molecule has 94 valence electrons. The Labute approximate surface area is 122 Å². The maximum atomic E-state index is 12.2. The van der Waals surface area contributed by atoms with Gasteiger partial charge in [-0.05, 0) is 50.9 Å². The van der Waals surface area contributed by atoms with E-state index in [1.165, 1.54) is 0 Å². The minimum Gasteiger partial charge on any atom is -0.292 e. The van der Waals surface area contributed by atoms with Gasteiger partial charge in [-0.15, -0.1) is 0 Å². The van der Waals surface area contributed by atoms with Gasteiger partial charge in [0.1, 0.15) is 5.69 Å². The van der Waals surface area contributed by atoms with Gasteiger partial charge < -0.3 is 0 Å². The van der Waals surface area contributed by atoms with Gasteiger partial charge in [0.15, 0.2) is 5.78 Å². The molecule has 0 aliphatic carbocycles. The topological polar surface area (TPSA) is 47.8 Å². The maximum Gasteiger partial charge on any atom is 0.188 e. The molecule has 0 aliphatic rings. The SMILES string of the molecule is Cc1nn(C)c(CC(=O)c2ncccc2Br)c1Br. The molecular weight excluding hydrogens is 362 g/mol. The normalized spacial score (nSPS) is 10.7. The minimum atomic E-state index is -0.0359. The van der Waals surface area contributed by atoms with Crippen LogP contribution >= 0.6 is 31.9 Å². The average molecular weight is 373 g/mol. The van der Waals surface area contributed by atoms with E-state index < -0.39 is 0 Å². The Bertz CT molecular complexity index is 607. The van der Waals surface area contributed by atoms with Gasteiger partial charge in [0, 0.05) is 17.7 Å². The predicted molar refractivity (Wildman–Crippen MR) is 75.6 cm³/mol. The number of halogens is 2. The molecule has 0 unspecified atom stereocenters. The smallest absolute Gasteiger partial charge is 0.188 e. The van der Waals surface area contributed by atoms with E-state index >= 15 is 0 Å². The average Bonchev–Trinajstić information content (AvgIpc) is 2.56. The van der Waals surface area contributed by atoms with E-state index in [1.54, 1.807) is 16.9 Å². The van der Waals surface area contributed by atoms with Gasteiger partial charge in [0.2, 0.25) is 0 Å². The van der Waals surface area contributed by atoms with E-state index in [2.05, 4.69) is 41.9 Å². The zero-order chi connectivity index (χ0) is 13.3. The van der Waals surface area contributed by atoms with Crippen LogP contribution in [0.15, 0.2) is 27.3 Å². The van der Waals surface area contributed by atoms with Crippen LogP contribution in [0.25, 0.3) is 0 Å². The molecule has 0 amide bonds. The van der Waals surface area contributed by atoms with Gasteiger partial charge in [-0.3, -0.25) is 14.5 Å². The van der Waals surface area contributed by atoms with Crippen LogP contribution in [0, 0.1) is 6.92 Å². The number of hydrogen-bond donors (Lipinski definition) is 0. The number of pyridine rings is 1. The summed E-state index contributed by atoms with van der Waals surface area (Å²) in [5, 5.41) is 4.27. The summed E-state index contributed by atoms with van der Waals surface area (Å²) in [4.78, 5) is 16.3. The summed E-state index contributed by atoms with van der Waals surface area (Å²) < 4.78 is 3.31. The summed E-state index contributed by atoms with van der Waals surface area (Å²) in [6.07, 6.45) is 1.88. The van der Waals surface area contributed by atoms with Crippen LogP contribution in [-0.4, -0.2) is 20.5 Å². The summed E-state index contributed by atoms with van der Waals surface area (Å²) in [6, 6.07) is 3.59. The highest BCUT2D eigenvalue weighted by atomic mass is 79.9. The van der Waals surface area contributed by atoms with Crippen molar-refractivity contribution in [2.75, 3.05) is 0 Å². The summed E-state index contributed by atoms with van der Waals surface area (Å²) in [5.41, 5.74) is 2.18. The number of nitrogens with zero attached hydrogens (tertiary/aromatic N) is 3. The van der Waals surface area contributed by atoms with Crippen molar-refractivity contribution >= 4 is 37.6 Å². The van der Waals surface area contributed by atoms with E-state index in [9.17, 15) is 4.79 Å². The first-order chi connectivity index (χ1) is 8.50. The van der Waals surface area contributed by atoms with Gasteiger partial charge in [0.05, 0.1) is 22.3 Å². The molecule has 2 rings (SSSR count). The Balaban J connectivity index is 2.30. The van der Waals surface area contributed by atoms with E-state index in [1.807, 2.05) is 20.0 Å². The van der Waals surface area contributed by atoms with Gasteiger partial charge in [-0.2, -0.15) is 5.10 Å². The van der Waals surface area contributed by atoms with Gasteiger partial charge in [-0.25, -0.2) is 0 Å². The Morgan fingerprint density at radius 1 is 1.44 bits per heavy atom. The predicted octanol–water partition coefficient (Wildman–Crippen LogP) is 3.07. The minimum absolute atomic E-state index is 0.0359. The summed E-state index contributed by atoms with van der Waals surface area (Å²) in [7, 11) is 1.83. The second-order valence-corrected chi connectivity index (χ2v) is 5.55. The Hall–Kier alpha value is -1.01.